The van der Waals surface area contributed by atoms with Crippen molar-refractivity contribution >= 4 is 16.5 Å². The minimum atomic E-state index is -0.137. The second kappa shape index (κ2) is 4.87. The van der Waals surface area contributed by atoms with E-state index in [1.54, 1.807) is 0 Å². The number of hydrogen-bond acceptors (Lipinski definition) is 8. The van der Waals surface area contributed by atoms with Crippen molar-refractivity contribution in [3.05, 3.63) is 11.5 Å². The molecular weight excluding hydrogens is 266 g/mol. The summed E-state index contributed by atoms with van der Waals surface area (Å²) in [7, 11) is 2.05. The van der Waals surface area contributed by atoms with Crippen LogP contribution in [0.25, 0.3) is 10.8 Å². The van der Waals surface area contributed by atoms with E-state index >= 15 is 0 Å². The maximum atomic E-state index is 5.67. The van der Waals surface area contributed by atoms with Gasteiger partial charge in [-0.15, -0.1) is 0 Å². The number of rotatable bonds is 2. The Hall–Kier alpha value is -1.51. The lowest BCUT2D eigenvalue weighted by molar-refractivity contribution is -0.0264. The molecule has 2 aromatic heterocycles. The van der Waals surface area contributed by atoms with Gasteiger partial charge in [0.05, 0.1) is 12.3 Å². The quantitative estimate of drug-likeness (QED) is 0.881. The number of nitrogen functional groups attached to an aromatic ring is 1. The summed E-state index contributed by atoms with van der Waals surface area (Å²) in [4.78, 5) is 11.5. The molecule has 0 aromatic carbocycles. The van der Waals surface area contributed by atoms with Crippen LogP contribution in [0.2, 0.25) is 0 Å². The molecule has 0 saturated carbocycles. The molecule has 0 bridgehead atoms. The van der Waals surface area contributed by atoms with Crippen LogP contribution in [-0.4, -0.2) is 46.8 Å². The Labute approximate surface area is 114 Å². The number of anilines is 1. The number of ether oxygens (including phenoxy) is 1. The van der Waals surface area contributed by atoms with Gasteiger partial charge in [0.25, 0.3) is 5.89 Å². The average molecular weight is 281 g/mol. The average Bonchev–Trinajstić information content (AvgIpc) is 2.96. The van der Waals surface area contributed by atoms with E-state index in [2.05, 4.69) is 20.0 Å². The third-order valence-corrected chi connectivity index (χ3v) is 3.98. The molecule has 1 aliphatic rings. The summed E-state index contributed by atoms with van der Waals surface area (Å²) >= 11 is 1.35. The summed E-state index contributed by atoms with van der Waals surface area (Å²) in [5, 5.41) is 4.50. The first kappa shape index (κ1) is 12.5. The van der Waals surface area contributed by atoms with Crippen LogP contribution in [0.1, 0.15) is 17.6 Å². The molecule has 2 aromatic rings. The number of aromatic nitrogens is 3. The van der Waals surface area contributed by atoms with Crippen LogP contribution >= 0.6 is 11.3 Å². The van der Waals surface area contributed by atoms with Crippen molar-refractivity contribution in [1.82, 2.24) is 20.0 Å². The van der Waals surface area contributed by atoms with Gasteiger partial charge in [0.2, 0.25) is 5.82 Å². The lowest BCUT2D eigenvalue weighted by Gasteiger charge is -2.27. The summed E-state index contributed by atoms with van der Waals surface area (Å²) in [6.07, 6.45) is -0.137. The minimum Gasteiger partial charge on any atom is -0.375 e. The Morgan fingerprint density at radius 3 is 2.95 bits per heavy atom. The smallest absolute Gasteiger partial charge is 0.270 e. The Balaban J connectivity index is 1.85. The van der Waals surface area contributed by atoms with Crippen molar-refractivity contribution in [3.63, 3.8) is 0 Å². The summed E-state index contributed by atoms with van der Waals surface area (Å²) in [6, 6.07) is 0. The highest BCUT2D eigenvalue weighted by Crippen LogP contribution is 2.31. The summed E-state index contributed by atoms with van der Waals surface area (Å²) in [6.45, 7) is 4.24. The fraction of sp³-hybridized carbons (Fsp3) is 0.545. The molecule has 1 aliphatic heterocycles. The van der Waals surface area contributed by atoms with E-state index in [-0.39, 0.29) is 6.10 Å². The van der Waals surface area contributed by atoms with Gasteiger partial charge in [-0.2, -0.15) is 4.98 Å². The van der Waals surface area contributed by atoms with Gasteiger partial charge < -0.3 is 19.9 Å². The molecule has 1 saturated heterocycles. The van der Waals surface area contributed by atoms with Gasteiger partial charge in [0, 0.05) is 13.1 Å². The van der Waals surface area contributed by atoms with Crippen LogP contribution in [0.3, 0.4) is 0 Å². The molecule has 3 heterocycles. The molecule has 0 radical (unpaired) electrons. The molecule has 1 atom stereocenters. The Bertz CT molecular complexity index is 581. The highest BCUT2D eigenvalue weighted by Gasteiger charge is 2.25. The van der Waals surface area contributed by atoms with Crippen molar-refractivity contribution in [2.24, 2.45) is 0 Å². The van der Waals surface area contributed by atoms with Crippen LogP contribution in [0.15, 0.2) is 4.52 Å². The first-order valence-corrected chi connectivity index (χ1v) is 6.82. The standard InChI is InChI=1S/C11H15N5O2S/c1-6-8(19-11(12)13-6)10-14-9(15-18-10)7-5-16(2)3-4-17-7/h7H,3-5H2,1-2H3,(H2,12,13). The first-order chi connectivity index (χ1) is 9.13. The van der Waals surface area contributed by atoms with E-state index in [0.717, 1.165) is 23.7 Å². The zero-order chi connectivity index (χ0) is 13.4. The van der Waals surface area contributed by atoms with Gasteiger partial charge in [-0.05, 0) is 14.0 Å². The summed E-state index contributed by atoms with van der Waals surface area (Å²) in [5.74, 6) is 1.03. The Kier molecular flexibility index (Phi) is 3.21. The van der Waals surface area contributed by atoms with E-state index in [0.29, 0.717) is 23.5 Å². The SMILES string of the molecule is Cc1nc(N)sc1-c1nc(C2CN(C)CCO2)no1. The van der Waals surface area contributed by atoms with Crippen LogP contribution in [0, 0.1) is 6.92 Å². The van der Waals surface area contributed by atoms with Gasteiger partial charge >= 0.3 is 0 Å². The van der Waals surface area contributed by atoms with Crippen molar-refractivity contribution in [1.29, 1.82) is 0 Å². The molecule has 0 spiro atoms. The van der Waals surface area contributed by atoms with Gasteiger partial charge in [-0.1, -0.05) is 16.5 Å². The third kappa shape index (κ3) is 2.46. The highest BCUT2D eigenvalue weighted by molar-refractivity contribution is 7.18. The lowest BCUT2D eigenvalue weighted by Crippen LogP contribution is -2.35. The van der Waals surface area contributed by atoms with Crippen LogP contribution in [0.5, 0.6) is 0 Å². The fourth-order valence-electron chi connectivity index (χ4n) is 2.01. The number of thiazole rings is 1. The van der Waals surface area contributed by atoms with E-state index in [9.17, 15) is 0 Å². The van der Waals surface area contributed by atoms with Crippen LogP contribution in [0.4, 0.5) is 5.13 Å². The fourth-order valence-corrected chi connectivity index (χ4v) is 2.76. The van der Waals surface area contributed by atoms with Gasteiger partial charge in [-0.25, -0.2) is 4.98 Å². The van der Waals surface area contributed by atoms with E-state index < -0.39 is 0 Å². The lowest BCUT2D eigenvalue weighted by atomic mass is 10.3. The maximum Gasteiger partial charge on any atom is 0.270 e. The monoisotopic (exact) mass is 281 g/mol. The van der Waals surface area contributed by atoms with Crippen LogP contribution < -0.4 is 5.73 Å². The topological polar surface area (TPSA) is 90.3 Å². The van der Waals surface area contributed by atoms with Gasteiger partial charge in [0.1, 0.15) is 11.0 Å². The minimum absolute atomic E-state index is 0.137. The second-order valence-electron chi connectivity index (χ2n) is 4.55. The second-order valence-corrected chi connectivity index (χ2v) is 5.58. The zero-order valence-electron chi connectivity index (χ0n) is 10.8. The first-order valence-electron chi connectivity index (χ1n) is 6.00. The predicted octanol–water partition coefficient (Wildman–Crippen LogP) is 1.09. The molecule has 2 N–H and O–H groups in total. The molecule has 0 aliphatic carbocycles. The zero-order valence-corrected chi connectivity index (χ0v) is 11.6. The molecule has 8 heteroatoms. The molecular formula is C11H15N5O2S. The van der Waals surface area contributed by atoms with E-state index in [1.165, 1.54) is 11.3 Å². The number of likely N-dealkylation sites (N-methyl/N-ethyl adjacent to an activating group) is 1. The van der Waals surface area contributed by atoms with Crippen molar-refractivity contribution in [2.75, 3.05) is 32.5 Å². The molecule has 3 rings (SSSR count). The Morgan fingerprint density at radius 2 is 2.26 bits per heavy atom. The van der Waals surface area contributed by atoms with E-state index in [1.807, 2.05) is 14.0 Å². The van der Waals surface area contributed by atoms with Crippen molar-refractivity contribution < 1.29 is 9.26 Å². The summed E-state index contributed by atoms with van der Waals surface area (Å²) < 4.78 is 10.9. The Morgan fingerprint density at radius 1 is 1.42 bits per heavy atom. The van der Waals surface area contributed by atoms with Gasteiger partial charge in [-0.3, -0.25) is 0 Å². The number of nitrogens with two attached hydrogens (primary N) is 1. The van der Waals surface area contributed by atoms with Crippen molar-refractivity contribution in [2.45, 2.75) is 13.0 Å². The van der Waals surface area contributed by atoms with Gasteiger partial charge in [0.15, 0.2) is 5.13 Å². The highest BCUT2D eigenvalue weighted by atomic mass is 32.1. The summed E-state index contributed by atoms with van der Waals surface area (Å²) in [5.41, 5.74) is 6.48. The molecule has 1 fully saturated rings. The van der Waals surface area contributed by atoms with Crippen LogP contribution in [-0.2, 0) is 4.74 Å². The number of hydrogen-bond donors (Lipinski definition) is 1. The normalized spacial score (nSPS) is 20.8. The third-order valence-electron chi connectivity index (χ3n) is 3.01. The molecule has 7 nitrogen and oxygen atoms in total. The number of aryl methyl sites for hydroxylation is 1. The van der Waals surface area contributed by atoms with E-state index in [4.69, 9.17) is 15.0 Å². The number of nitrogens with zero attached hydrogens (tertiary/aromatic N) is 4. The largest absolute Gasteiger partial charge is 0.375 e. The number of morpholine rings is 1. The van der Waals surface area contributed by atoms with Crippen molar-refractivity contribution in [3.8, 4) is 10.8 Å². The maximum absolute atomic E-state index is 5.67. The molecule has 102 valence electrons. The molecule has 1 unspecified atom stereocenters. The molecule has 0 amide bonds. The molecule has 19 heavy (non-hydrogen) atoms. The predicted molar refractivity (Wildman–Crippen MR) is 70.7 cm³/mol.